The van der Waals surface area contributed by atoms with E-state index in [4.69, 9.17) is 16.3 Å². The molecule has 5 heteroatoms. The van der Waals surface area contributed by atoms with Crippen LogP contribution in [0.15, 0.2) is 42.7 Å². The summed E-state index contributed by atoms with van der Waals surface area (Å²) in [6, 6.07) is 8.65. The summed E-state index contributed by atoms with van der Waals surface area (Å²) >= 11 is 5.93. The van der Waals surface area contributed by atoms with Crippen molar-refractivity contribution in [2.75, 3.05) is 0 Å². The van der Waals surface area contributed by atoms with E-state index in [0.29, 0.717) is 17.1 Å². The summed E-state index contributed by atoms with van der Waals surface area (Å²) in [5.74, 6) is -0.416. The molecule has 0 aliphatic heterocycles. The molecule has 2 rings (SSSR count). The number of benzene rings is 1. The maximum atomic E-state index is 11.9. The highest BCUT2D eigenvalue weighted by molar-refractivity contribution is 6.33. The number of esters is 1. The first-order valence-electron chi connectivity index (χ1n) is 5.60. The van der Waals surface area contributed by atoms with E-state index in [-0.39, 0.29) is 6.10 Å². The topological polar surface area (TPSA) is 44.1 Å². The monoisotopic (exact) mass is 264 g/mol. The fourth-order valence-corrected chi connectivity index (χ4v) is 1.79. The molecule has 1 aromatic carbocycles. The minimum absolute atomic E-state index is 0.270. The Morgan fingerprint density at radius 3 is 2.89 bits per heavy atom. The molecule has 4 nitrogen and oxygen atoms in total. The van der Waals surface area contributed by atoms with Gasteiger partial charge in [-0.25, -0.2) is 4.79 Å². The van der Waals surface area contributed by atoms with E-state index >= 15 is 0 Å². The van der Waals surface area contributed by atoms with Gasteiger partial charge in [-0.2, -0.15) is 5.10 Å². The van der Waals surface area contributed by atoms with Crippen molar-refractivity contribution in [2.24, 2.45) is 0 Å². The summed E-state index contributed by atoms with van der Waals surface area (Å²) < 4.78 is 7.02. The molecule has 94 valence electrons. The summed E-state index contributed by atoms with van der Waals surface area (Å²) in [7, 11) is 0. The third-order valence-electron chi connectivity index (χ3n) is 2.41. The average Bonchev–Trinajstić information content (AvgIpc) is 2.82. The van der Waals surface area contributed by atoms with E-state index in [1.54, 1.807) is 35.1 Å². The lowest BCUT2D eigenvalue weighted by atomic mass is 10.2. The minimum Gasteiger partial charge on any atom is -0.457 e. The second-order valence-corrected chi connectivity index (χ2v) is 4.33. The normalized spacial score (nSPS) is 12.1. The zero-order valence-corrected chi connectivity index (χ0v) is 10.7. The van der Waals surface area contributed by atoms with Crippen LogP contribution in [-0.4, -0.2) is 21.9 Å². The Bertz CT molecular complexity index is 526. The number of carbonyl (C=O) groups excluding carboxylic acids is 1. The van der Waals surface area contributed by atoms with E-state index in [0.717, 1.165) is 0 Å². The molecule has 0 fully saturated rings. The first-order chi connectivity index (χ1) is 8.66. The molecule has 1 atom stereocenters. The third-order valence-corrected chi connectivity index (χ3v) is 2.73. The summed E-state index contributed by atoms with van der Waals surface area (Å²) in [6.07, 6.45) is 3.23. The van der Waals surface area contributed by atoms with Crippen LogP contribution < -0.4 is 0 Å². The van der Waals surface area contributed by atoms with Crippen molar-refractivity contribution in [1.82, 2.24) is 9.78 Å². The van der Waals surface area contributed by atoms with Gasteiger partial charge in [0.05, 0.1) is 17.1 Å². The standard InChI is InChI=1S/C13H13ClN2O2/c1-10(9-16-8-4-7-15-16)18-13(17)11-5-2-3-6-12(11)14/h2-8,10H,9H2,1H3/t10-/m1/s1. The molecule has 0 aliphatic carbocycles. The number of aromatic nitrogens is 2. The Morgan fingerprint density at radius 1 is 1.44 bits per heavy atom. The Labute approximate surface area is 110 Å². The Morgan fingerprint density at radius 2 is 2.22 bits per heavy atom. The van der Waals surface area contributed by atoms with Gasteiger partial charge in [0, 0.05) is 12.4 Å². The van der Waals surface area contributed by atoms with Gasteiger partial charge in [0.25, 0.3) is 0 Å². The zero-order valence-electron chi connectivity index (χ0n) is 9.91. The van der Waals surface area contributed by atoms with E-state index < -0.39 is 5.97 Å². The molecule has 0 saturated heterocycles. The number of halogens is 1. The van der Waals surface area contributed by atoms with Crippen LogP contribution in [0.2, 0.25) is 5.02 Å². The maximum absolute atomic E-state index is 11.9. The summed E-state index contributed by atoms with van der Waals surface area (Å²) in [5.41, 5.74) is 0.381. The van der Waals surface area contributed by atoms with Crippen molar-refractivity contribution in [3.8, 4) is 0 Å². The lowest BCUT2D eigenvalue weighted by Crippen LogP contribution is -2.21. The van der Waals surface area contributed by atoms with Gasteiger partial charge in [-0.3, -0.25) is 4.68 Å². The number of ether oxygens (including phenoxy) is 1. The second-order valence-electron chi connectivity index (χ2n) is 3.92. The minimum atomic E-state index is -0.416. The quantitative estimate of drug-likeness (QED) is 0.798. The number of rotatable bonds is 4. The smallest absolute Gasteiger partial charge is 0.339 e. The molecule has 0 radical (unpaired) electrons. The predicted octanol–water partition coefficient (Wildman–Crippen LogP) is 2.78. The Balaban J connectivity index is 1.97. The van der Waals surface area contributed by atoms with Crippen LogP contribution in [0.3, 0.4) is 0 Å². The lowest BCUT2D eigenvalue weighted by molar-refractivity contribution is 0.0299. The van der Waals surface area contributed by atoms with Crippen LogP contribution in [0.4, 0.5) is 0 Å². The largest absolute Gasteiger partial charge is 0.457 e. The van der Waals surface area contributed by atoms with Gasteiger partial charge in [0.15, 0.2) is 0 Å². The highest BCUT2D eigenvalue weighted by atomic mass is 35.5. The zero-order chi connectivity index (χ0) is 13.0. The first-order valence-corrected chi connectivity index (χ1v) is 5.97. The van der Waals surface area contributed by atoms with Crippen LogP contribution in [0.1, 0.15) is 17.3 Å². The fourth-order valence-electron chi connectivity index (χ4n) is 1.58. The number of carbonyl (C=O) groups is 1. The van der Waals surface area contributed by atoms with Gasteiger partial charge in [-0.15, -0.1) is 0 Å². The van der Waals surface area contributed by atoms with Crippen LogP contribution in [-0.2, 0) is 11.3 Å². The van der Waals surface area contributed by atoms with Gasteiger partial charge < -0.3 is 4.74 Å². The van der Waals surface area contributed by atoms with Crippen molar-refractivity contribution in [3.05, 3.63) is 53.3 Å². The average molecular weight is 265 g/mol. The summed E-state index contributed by atoms with van der Waals surface area (Å²) in [6.45, 7) is 2.33. The first kappa shape index (κ1) is 12.6. The highest BCUT2D eigenvalue weighted by Gasteiger charge is 2.14. The van der Waals surface area contributed by atoms with Crippen LogP contribution in [0, 0.1) is 0 Å². The molecule has 18 heavy (non-hydrogen) atoms. The van der Waals surface area contributed by atoms with E-state index in [9.17, 15) is 4.79 Å². The Kier molecular flexibility index (Phi) is 3.99. The SMILES string of the molecule is C[C@H](Cn1cccn1)OC(=O)c1ccccc1Cl. The molecule has 0 N–H and O–H groups in total. The molecule has 0 bridgehead atoms. The molecule has 1 heterocycles. The van der Waals surface area contributed by atoms with Crippen molar-refractivity contribution in [3.63, 3.8) is 0 Å². The molecule has 0 unspecified atom stereocenters. The van der Waals surface area contributed by atoms with E-state index in [2.05, 4.69) is 5.10 Å². The number of nitrogens with zero attached hydrogens (tertiary/aromatic N) is 2. The molecule has 1 aromatic heterocycles. The molecule has 0 amide bonds. The van der Waals surface area contributed by atoms with Gasteiger partial charge in [-0.1, -0.05) is 23.7 Å². The summed E-state index contributed by atoms with van der Waals surface area (Å²) in [4.78, 5) is 11.9. The van der Waals surface area contributed by atoms with Crippen LogP contribution >= 0.6 is 11.6 Å². The van der Waals surface area contributed by atoms with E-state index in [1.807, 2.05) is 19.2 Å². The molecule has 0 aliphatic rings. The third kappa shape index (κ3) is 3.11. The molecular formula is C13H13ClN2O2. The molecular weight excluding hydrogens is 252 g/mol. The second kappa shape index (κ2) is 5.69. The van der Waals surface area contributed by atoms with Crippen molar-refractivity contribution >= 4 is 17.6 Å². The molecule has 0 saturated carbocycles. The lowest BCUT2D eigenvalue weighted by Gasteiger charge is -2.13. The van der Waals surface area contributed by atoms with Gasteiger partial charge in [0.2, 0.25) is 0 Å². The number of hydrogen-bond donors (Lipinski definition) is 0. The highest BCUT2D eigenvalue weighted by Crippen LogP contribution is 2.16. The maximum Gasteiger partial charge on any atom is 0.339 e. The van der Waals surface area contributed by atoms with Crippen LogP contribution in [0.25, 0.3) is 0 Å². The van der Waals surface area contributed by atoms with Crippen molar-refractivity contribution < 1.29 is 9.53 Å². The fraction of sp³-hybridized carbons (Fsp3) is 0.231. The molecule has 0 spiro atoms. The van der Waals surface area contributed by atoms with Gasteiger partial charge >= 0.3 is 5.97 Å². The predicted molar refractivity (Wildman–Crippen MR) is 68.6 cm³/mol. The Hall–Kier alpha value is -1.81. The van der Waals surface area contributed by atoms with Gasteiger partial charge in [-0.05, 0) is 25.1 Å². The number of hydrogen-bond acceptors (Lipinski definition) is 3. The van der Waals surface area contributed by atoms with Gasteiger partial charge in [0.1, 0.15) is 6.10 Å². The van der Waals surface area contributed by atoms with Crippen molar-refractivity contribution in [2.45, 2.75) is 19.6 Å². The van der Waals surface area contributed by atoms with Crippen LogP contribution in [0.5, 0.6) is 0 Å². The molecule has 2 aromatic rings. The summed E-state index contributed by atoms with van der Waals surface area (Å²) in [5, 5.41) is 4.45. The van der Waals surface area contributed by atoms with E-state index in [1.165, 1.54) is 0 Å². The van der Waals surface area contributed by atoms with Crippen molar-refractivity contribution in [1.29, 1.82) is 0 Å².